The molecule has 20 heavy (non-hydrogen) atoms. The first kappa shape index (κ1) is 13.4. The van der Waals surface area contributed by atoms with Gasteiger partial charge in [0.05, 0.1) is 6.20 Å². The van der Waals surface area contributed by atoms with Crippen LogP contribution in [0, 0.1) is 5.82 Å². The summed E-state index contributed by atoms with van der Waals surface area (Å²) < 4.78 is 12.8. The van der Waals surface area contributed by atoms with E-state index in [9.17, 15) is 9.18 Å². The first-order valence-electron chi connectivity index (χ1n) is 6.65. The number of ketones is 1. The highest BCUT2D eigenvalue weighted by Crippen LogP contribution is 2.24. The highest BCUT2D eigenvalue weighted by molar-refractivity contribution is 7.10. The van der Waals surface area contributed by atoms with Crippen LogP contribution in [0.4, 0.5) is 4.39 Å². The third-order valence-corrected chi connectivity index (χ3v) is 4.58. The van der Waals surface area contributed by atoms with E-state index in [2.05, 4.69) is 21.3 Å². The van der Waals surface area contributed by atoms with Crippen molar-refractivity contribution in [1.82, 2.24) is 9.88 Å². The third-order valence-electron chi connectivity index (χ3n) is 3.55. The number of carbonyl (C=O) groups is 1. The molecule has 0 bridgehead atoms. The quantitative estimate of drug-likeness (QED) is 0.812. The summed E-state index contributed by atoms with van der Waals surface area (Å²) in [7, 11) is 0. The topological polar surface area (TPSA) is 33.2 Å². The normalized spacial score (nSPS) is 15.1. The van der Waals surface area contributed by atoms with Gasteiger partial charge in [0.1, 0.15) is 11.5 Å². The molecule has 0 aliphatic carbocycles. The fraction of sp³-hybridized carbons (Fsp3) is 0.333. The van der Waals surface area contributed by atoms with Crippen LogP contribution in [0.3, 0.4) is 0 Å². The molecule has 1 aliphatic heterocycles. The number of rotatable bonds is 4. The molecule has 104 valence electrons. The molecule has 0 radical (unpaired) electrons. The molecule has 5 heteroatoms. The number of hydrogen-bond acceptors (Lipinski definition) is 4. The van der Waals surface area contributed by atoms with E-state index in [1.165, 1.54) is 22.6 Å². The van der Waals surface area contributed by atoms with Crippen LogP contribution in [0.25, 0.3) is 0 Å². The number of halogens is 1. The Balaban J connectivity index is 1.55. The fourth-order valence-corrected chi connectivity index (χ4v) is 3.32. The Kier molecular flexibility index (Phi) is 3.89. The third kappa shape index (κ3) is 2.94. The van der Waals surface area contributed by atoms with Gasteiger partial charge in [0.2, 0.25) is 0 Å². The van der Waals surface area contributed by atoms with E-state index in [0.717, 1.165) is 32.3 Å². The van der Waals surface area contributed by atoms with Crippen molar-refractivity contribution < 1.29 is 9.18 Å². The zero-order valence-electron chi connectivity index (χ0n) is 11.0. The van der Waals surface area contributed by atoms with Gasteiger partial charge in [-0.15, -0.1) is 11.3 Å². The van der Waals surface area contributed by atoms with Crippen LogP contribution in [0.15, 0.2) is 29.8 Å². The molecule has 0 N–H and O–H groups in total. The monoisotopic (exact) mass is 290 g/mol. The number of carbonyl (C=O) groups excluding carboxylic acids is 1. The highest BCUT2D eigenvalue weighted by atomic mass is 32.1. The zero-order valence-corrected chi connectivity index (χ0v) is 11.8. The molecule has 2 aromatic heterocycles. The maximum absolute atomic E-state index is 12.8. The van der Waals surface area contributed by atoms with Crippen molar-refractivity contribution in [2.75, 3.05) is 13.1 Å². The molecule has 3 nitrogen and oxygen atoms in total. The lowest BCUT2D eigenvalue weighted by molar-refractivity contribution is 0.0956. The minimum absolute atomic E-state index is 0.0267. The molecular weight excluding hydrogens is 275 g/mol. The van der Waals surface area contributed by atoms with Crippen molar-refractivity contribution >= 4 is 17.1 Å². The number of hydrogen-bond donors (Lipinski definition) is 0. The van der Waals surface area contributed by atoms with E-state index in [4.69, 9.17) is 0 Å². The summed E-state index contributed by atoms with van der Waals surface area (Å²) in [5.41, 5.74) is 1.73. The first-order valence-corrected chi connectivity index (χ1v) is 7.53. The molecule has 0 unspecified atom stereocenters. The summed E-state index contributed by atoms with van der Waals surface area (Å²) in [5, 5.41) is 2.13. The molecule has 0 aromatic carbocycles. The van der Waals surface area contributed by atoms with Gasteiger partial charge < -0.3 is 0 Å². The minimum Gasteiger partial charge on any atom is -0.298 e. The maximum atomic E-state index is 12.8. The Labute approximate surface area is 121 Å². The van der Waals surface area contributed by atoms with Gasteiger partial charge >= 0.3 is 0 Å². The van der Waals surface area contributed by atoms with Crippen molar-refractivity contribution in [3.8, 4) is 0 Å². The molecule has 2 aromatic rings. The van der Waals surface area contributed by atoms with E-state index < -0.39 is 5.82 Å². The molecule has 0 atom stereocenters. The van der Waals surface area contributed by atoms with Gasteiger partial charge in [0.25, 0.3) is 0 Å². The molecular formula is C15H15FN2OS. The second kappa shape index (κ2) is 5.81. The largest absolute Gasteiger partial charge is 0.298 e. The molecule has 0 fully saturated rings. The SMILES string of the molecule is O=C(CCN1CCc2sccc2C1)c1ccc(F)cn1. The molecule has 3 heterocycles. The zero-order chi connectivity index (χ0) is 13.9. The van der Waals surface area contributed by atoms with Crippen LogP contribution in [-0.2, 0) is 13.0 Å². The first-order chi connectivity index (χ1) is 9.72. The number of nitrogens with zero attached hydrogens (tertiary/aromatic N) is 2. The Bertz CT molecular complexity index is 609. The van der Waals surface area contributed by atoms with Crippen LogP contribution in [0.2, 0.25) is 0 Å². The van der Waals surface area contributed by atoms with Crippen LogP contribution in [0.5, 0.6) is 0 Å². The van der Waals surface area contributed by atoms with Crippen molar-refractivity contribution in [2.45, 2.75) is 19.4 Å². The number of pyridine rings is 1. The summed E-state index contributed by atoms with van der Waals surface area (Å²) in [5.74, 6) is -0.441. The van der Waals surface area contributed by atoms with Gasteiger partial charge in [-0.25, -0.2) is 4.39 Å². The fourth-order valence-electron chi connectivity index (χ4n) is 2.43. The smallest absolute Gasteiger partial charge is 0.182 e. The van der Waals surface area contributed by atoms with Crippen LogP contribution in [-0.4, -0.2) is 28.8 Å². The van der Waals surface area contributed by atoms with Crippen molar-refractivity contribution in [1.29, 1.82) is 0 Å². The lowest BCUT2D eigenvalue weighted by Gasteiger charge is -2.26. The lowest BCUT2D eigenvalue weighted by atomic mass is 10.1. The van der Waals surface area contributed by atoms with Gasteiger partial charge in [-0.2, -0.15) is 0 Å². The predicted molar refractivity (Wildman–Crippen MR) is 76.4 cm³/mol. The summed E-state index contributed by atoms with van der Waals surface area (Å²) in [6.07, 6.45) is 2.58. The number of fused-ring (bicyclic) bond motifs is 1. The van der Waals surface area contributed by atoms with Gasteiger partial charge in [-0.05, 0) is 35.6 Å². The molecule has 0 amide bonds. The Morgan fingerprint density at radius 3 is 3.10 bits per heavy atom. The van der Waals surface area contributed by atoms with Gasteiger partial charge in [-0.1, -0.05) is 0 Å². The van der Waals surface area contributed by atoms with Gasteiger partial charge in [-0.3, -0.25) is 14.7 Å². The van der Waals surface area contributed by atoms with Crippen LogP contribution < -0.4 is 0 Å². The van der Waals surface area contributed by atoms with E-state index in [-0.39, 0.29) is 5.78 Å². The highest BCUT2D eigenvalue weighted by Gasteiger charge is 2.18. The second-order valence-corrected chi connectivity index (χ2v) is 5.93. The molecule has 0 spiro atoms. The molecule has 3 rings (SSSR count). The van der Waals surface area contributed by atoms with E-state index in [0.29, 0.717) is 12.1 Å². The molecule has 1 aliphatic rings. The predicted octanol–water partition coefficient (Wildman–Crippen LogP) is 2.91. The summed E-state index contributed by atoms with van der Waals surface area (Å²) >= 11 is 1.81. The van der Waals surface area contributed by atoms with Crippen molar-refractivity contribution in [2.24, 2.45) is 0 Å². The van der Waals surface area contributed by atoms with E-state index in [1.807, 2.05) is 11.3 Å². The Hall–Kier alpha value is -1.59. The Morgan fingerprint density at radius 2 is 2.30 bits per heavy atom. The van der Waals surface area contributed by atoms with Gasteiger partial charge in [0, 0.05) is 30.9 Å². The summed E-state index contributed by atoms with van der Waals surface area (Å²) in [6, 6.07) is 4.89. The standard InChI is InChI=1S/C15H15FN2OS/c16-12-1-2-13(17-9-12)14(19)3-6-18-7-4-15-11(10-18)5-8-20-15/h1-2,5,8-9H,3-4,6-7,10H2. The van der Waals surface area contributed by atoms with Gasteiger partial charge in [0.15, 0.2) is 5.78 Å². The minimum atomic E-state index is -0.414. The molecule has 0 saturated carbocycles. The van der Waals surface area contributed by atoms with Crippen molar-refractivity contribution in [3.63, 3.8) is 0 Å². The number of Topliss-reactive ketones (excluding diaryl/α,β-unsaturated/α-hetero) is 1. The second-order valence-electron chi connectivity index (χ2n) is 4.93. The molecule has 0 saturated heterocycles. The maximum Gasteiger partial charge on any atom is 0.182 e. The van der Waals surface area contributed by atoms with Crippen molar-refractivity contribution in [3.05, 3.63) is 51.7 Å². The average Bonchev–Trinajstić information content (AvgIpc) is 2.93. The average molecular weight is 290 g/mol. The number of thiophene rings is 1. The summed E-state index contributed by atoms with van der Waals surface area (Å²) in [4.78, 5) is 19.6. The summed E-state index contributed by atoms with van der Waals surface area (Å²) in [6.45, 7) is 2.65. The van der Waals surface area contributed by atoms with E-state index in [1.54, 1.807) is 0 Å². The Morgan fingerprint density at radius 1 is 1.40 bits per heavy atom. The van der Waals surface area contributed by atoms with E-state index >= 15 is 0 Å². The lowest BCUT2D eigenvalue weighted by Crippen LogP contribution is -2.31. The number of aromatic nitrogens is 1. The van der Waals surface area contributed by atoms with Crippen LogP contribution in [0.1, 0.15) is 27.3 Å². The van der Waals surface area contributed by atoms with Crippen LogP contribution >= 0.6 is 11.3 Å².